The van der Waals surface area contributed by atoms with Crippen LogP contribution in [0.3, 0.4) is 0 Å². The number of aliphatic carboxylic acids is 1. The van der Waals surface area contributed by atoms with Gasteiger partial charge in [0.2, 0.25) is 5.91 Å². The van der Waals surface area contributed by atoms with E-state index in [1.165, 1.54) is 18.2 Å². The van der Waals surface area contributed by atoms with Crippen LogP contribution in [0.1, 0.15) is 18.9 Å². The Kier molecular flexibility index (Phi) is 6.38. The van der Waals surface area contributed by atoms with Crippen molar-refractivity contribution >= 4 is 33.9 Å². The average Bonchev–Trinajstić information content (AvgIpc) is 2.36. The Hall–Kier alpha value is -1.69. The SMILES string of the molecule is CC(CNC(=O)/C=C/c1cc(Br)ccc1F)CC(=O)O. The van der Waals surface area contributed by atoms with Gasteiger partial charge in [-0.3, -0.25) is 9.59 Å². The van der Waals surface area contributed by atoms with Crippen LogP contribution >= 0.6 is 15.9 Å². The lowest BCUT2D eigenvalue weighted by Gasteiger charge is -2.08. The van der Waals surface area contributed by atoms with Gasteiger partial charge in [-0.25, -0.2) is 4.39 Å². The Morgan fingerprint density at radius 2 is 2.20 bits per heavy atom. The molecule has 0 bridgehead atoms. The van der Waals surface area contributed by atoms with Crippen molar-refractivity contribution in [2.24, 2.45) is 5.92 Å². The third-order valence-corrected chi connectivity index (χ3v) is 3.01. The molecule has 0 aliphatic rings. The number of carbonyl (C=O) groups excluding carboxylic acids is 1. The second-order valence-electron chi connectivity index (χ2n) is 4.45. The minimum absolute atomic E-state index is 0.00967. The Labute approximate surface area is 124 Å². The Morgan fingerprint density at radius 3 is 2.85 bits per heavy atom. The molecule has 20 heavy (non-hydrogen) atoms. The fourth-order valence-electron chi connectivity index (χ4n) is 1.51. The van der Waals surface area contributed by atoms with Crippen molar-refractivity contribution < 1.29 is 19.1 Å². The highest BCUT2D eigenvalue weighted by atomic mass is 79.9. The summed E-state index contributed by atoms with van der Waals surface area (Å²) in [4.78, 5) is 22.0. The number of halogens is 2. The number of amides is 1. The predicted octanol–water partition coefficient (Wildman–Crippen LogP) is 2.83. The Morgan fingerprint density at radius 1 is 1.50 bits per heavy atom. The molecule has 0 aliphatic carbocycles. The summed E-state index contributed by atoms with van der Waals surface area (Å²) in [6, 6.07) is 4.43. The van der Waals surface area contributed by atoms with Crippen LogP contribution in [0.2, 0.25) is 0 Å². The van der Waals surface area contributed by atoms with Gasteiger partial charge in [-0.15, -0.1) is 0 Å². The highest BCUT2D eigenvalue weighted by molar-refractivity contribution is 9.10. The van der Waals surface area contributed by atoms with Crippen LogP contribution < -0.4 is 5.32 Å². The van der Waals surface area contributed by atoms with Gasteiger partial charge in [0.15, 0.2) is 0 Å². The highest BCUT2D eigenvalue weighted by Crippen LogP contribution is 2.16. The fourth-order valence-corrected chi connectivity index (χ4v) is 1.89. The van der Waals surface area contributed by atoms with Gasteiger partial charge in [0.1, 0.15) is 5.82 Å². The Bertz CT molecular complexity index is 531. The van der Waals surface area contributed by atoms with Gasteiger partial charge in [-0.1, -0.05) is 22.9 Å². The quantitative estimate of drug-likeness (QED) is 0.780. The third-order valence-electron chi connectivity index (χ3n) is 2.52. The summed E-state index contributed by atoms with van der Waals surface area (Å²) in [5.41, 5.74) is 0.299. The van der Waals surface area contributed by atoms with E-state index in [0.717, 1.165) is 0 Å². The van der Waals surface area contributed by atoms with Crippen molar-refractivity contribution in [1.29, 1.82) is 0 Å². The highest BCUT2D eigenvalue weighted by Gasteiger charge is 2.08. The molecule has 1 rings (SSSR count). The van der Waals surface area contributed by atoms with Gasteiger partial charge < -0.3 is 10.4 Å². The molecule has 0 fully saturated rings. The van der Waals surface area contributed by atoms with Crippen molar-refractivity contribution in [2.45, 2.75) is 13.3 Å². The van der Waals surface area contributed by atoms with Crippen molar-refractivity contribution in [3.05, 3.63) is 40.1 Å². The van der Waals surface area contributed by atoms with E-state index in [0.29, 0.717) is 10.0 Å². The van der Waals surface area contributed by atoms with E-state index in [2.05, 4.69) is 21.2 Å². The maximum atomic E-state index is 13.4. The number of carboxylic acid groups (broad SMARTS) is 1. The van der Waals surface area contributed by atoms with Crippen LogP contribution in [0.25, 0.3) is 6.08 Å². The van der Waals surface area contributed by atoms with Gasteiger partial charge in [-0.05, 0) is 30.2 Å². The number of carbonyl (C=O) groups is 2. The summed E-state index contributed by atoms with van der Waals surface area (Å²) in [5, 5.41) is 11.2. The van der Waals surface area contributed by atoms with Crippen LogP contribution in [0.5, 0.6) is 0 Å². The van der Waals surface area contributed by atoms with E-state index in [-0.39, 0.29) is 24.8 Å². The number of nitrogens with one attached hydrogen (secondary N) is 1. The van der Waals surface area contributed by atoms with Crippen LogP contribution in [0, 0.1) is 11.7 Å². The molecule has 1 atom stereocenters. The normalized spacial score (nSPS) is 12.3. The summed E-state index contributed by atoms with van der Waals surface area (Å²) < 4.78 is 14.1. The number of rotatable bonds is 6. The van der Waals surface area contributed by atoms with Crippen molar-refractivity contribution in [2.75, 3.05) is 6.54 Å². The first-order valence-corrected chi connectivity index (χ1v) is 6.80. The van der Waals surface area contributed by atoms with E-state index in [1.54, 1.807) is 19.1 Å². The molecule has 1 aromatic carbocycles. The van der Waals surface area contributed by atoms with Gasteiger partial charge >= 0.3 is 5.97 Å². The maximum absolute atomic E-state index is 13.4. The molecular formula is C14H15BrFNO3. The minimum Gasteiger partial charge on any atom is -0.481 e. The zero-order valence-electron chi connectivity index (χ0n) is 10.9. The number of carboxylic acids is 1. The van der Waals surface area contributed by atoms with E-state index < -0.39 is 11.8 Å². The molecule has 4 nitrogen and oxygen atoms in total. The minimum atomic E-state index is -0.904. The second-order valence-corrected chi connectivity index (χ2v) is 5.36. The topological polar surface area (TPSA) is 66.4 Å². The second kappa shape index (κ2) is 7.79. The molecule has 1 aromatic rings. The molecule has 0 saturated heterocycles. The lowest BCUT2D eigenvalue weighted by Crippen LogP contribution is -2.27. The average molecular weight is 344 g/mol. The predicted molar refractivity (Wildman–Crippen MR) is 77.6 cm³/mol. The monoisotopic (exact) mass is 343 g/mol. The van der Waals surface area contributed by atoms with Crippen molar-refractivity contribution in [1.82, 2.24) is 5.32 Å². The van der Waals surface area contributed by atoms with Gasteiger partial charge in [-0.2, -0.15) is 0 Å². The number of hydrogen-bond acceptors (Lipinski definition) is 2. The molecule has 2 N–H and O–H groups in total. The molecule has 0 aliphatic heterocycles. The van der Waals surface area contributed by atoms with Gasteiger partial charge in [0.25, 0.3) is 0 Å². The first-order valence-electron chi connectivity index (χ1n) is 6.01. The molecule has 0 radical (unpaired) electrons. The molecule has 6 heteroatoms. The van der Waals surface area contributed by atoms with E-state index in [1.807, 2.05) is 0 Å². The van der Waals surface area contributed by atoms with E-state index >= 15 is 0 Å². The molecule has 0 aromatic heterocycles. The molecule has 1 unspecified atom stereocenters. The molecule has 1 amide bonds. The first-order chi connectivity index (χ1) is 9.38. The molecule has 0 spiro atoms. The van der Waals surface area contributed by atoms with Crippen LogP contribution in [-0.4, -0.2) is 23.5 Å². The van der Waals surface area contributed by atoms with Crippen LogP contribution in [-0.2, 0) is 9.59 Å². The molecule has 0 saturated carbocycles. The maximum Gasteiger partial charge on any atom is 0.303 e. The summed E-state index contributed by atoms with van der Waals surface area (Å²) in [7, 11) is 0. The Balaban J connectivity index is 2.51. The van der Waals surface area contributed by atoms with Crippen molar-refractivity contribution in [3.63, 3.8) is 0 Å². The standard InChI is InChI=1S/C14H15BrFNO3/c1-9(6-14(19)20)8-17-13(18)5-2-10-7-11(15)3-4-12(10)16/h2-5,7,9H,6,8H2,1H3,(H,17,18)(H,19,20)/b5-2+. The lowest BCUT2D eigenvalue weighted by molar-refractivity contribution is -0.138. The third kappa shape index (κ3) is 5.97. The summed E-state index contributed by atoms with van der Waals surface area (Å²) in [6.07, 6.45) is 2.58. The number of benzene rings is 1. The fraction of sp³-hybridized carbons (Fsp3) is 0.286. The largest absolute Gasteiger partial charge is 0.481 e. The summed E-state index contributed by atoms with van der Waals surface area (Å²) in [5.74, 6) is -1.87. The first kappa shape index (κ1) is 16.4. The molecule has 0 heterocycles. The van der Waals surface area contributed by atoms with Gasteiger partial charge in [0.05, 0.1) is 0 Å². The lowest BCUT2D eigenvalue weighted by atomic mass is 10.1. The summed E-state index contributed by atoms with van der Waals surface area (Å²) >= 11 is 3.22. The van der Waals surface area contributed by atoms with Crippen LogP contribution in [0.15, 0.2) is 28.7 Å². The van der Waals surface area contributed by atoms with Gasteiger partial charge in [0, 0.05) is 29.1 Å². The van der Waals surface area contributed by atoms with Crippen molar-refractivity contribution in [3.8, 4) is 0 Å². The molecule has 108 valence electrons. The van der Waals surface area contributed by atoms with E-state index in [4.69, 9.17) is 5.11 Å². The summed E-state index contributed by atoms with van der Waals surface area (Å²) in [6.45, 7) is 1.99. The van der Waals surface area contributed by atoms with Crippen LogP contribution in [0.4, 0.5) is 4.39 Å². The smallest absolute Gasteiger partial charge is 0.303 e. The molecular weight excluding hydrogens is 329 g/mol. The number of hydrogen-bond donors (Lipinski definition) is 2. The van der Waals surface area contributed by atoms with E-state index in [9.17, 15) is 14.0 Å². The zero-order valence-corrected chi connectivity index (χ0v) is 12.5. The zero-order chi connectivity index (χ0) is 15.1.